The van der Waals surface area contributed by atoms with Crippen molar-refractivity contribution in [1.82, 2.24) is 9.88 Å². The third-order valence-corrected chi connectivity index (χ3v) is 3.21. The predicted octanol–water partition coefficient (Wildman–Crippen LogP) is 1.83. The Morgan fingerprint density at radius 1 is 1.67 bits per heavy atom. The van der Waals surface area contributed by atoms with E-state index in [2.05, 4.69) is 4.98 Å². The van der Waals surface area contributed by atoms with E-state index in [1.165, 1.54) is 0 Å². The first-order chi connectivity index (χ1) is 8.74. The molecule has 2 unspecified atom stereocenters. The van der Waals surface area contributed by atoms with Gasteiger partial charge in [0.15, 0.2) is 5.78 Å². The fraction of sp³-hybridized carbons (Fsp3) is 0.429. The van der Waals surface area contributed by atoms with Crippen LogP contribution < -0.4 is 0 Å². The van der Waals surface area contributed by atoms with Crippen molar-refractivity contribution in [2.75, 3.05) is 6.54 Å². The number of aliphatic hydroxyl groups is 1. The van der Waals surface area contributed by atoms with Gasteiger partial charge in [-0.05, 0) is 31.2 Å². The minimum atomic E-state index is -0.722. The maximum atomic E-state index is 12.2. The first-order valence-corrected chi connectivity index (χ1v) is 6.28. The van der Waals surface area contributed by atoms with Crippen LogP contribution in [0.5, 0.6) is 0 Å². The molecule has 1 aromatic heterocycles. The predicted molar refractivity (Wildman–Crippen MR) is 68.8 cm³/mol. The number of pyridine rings is 1. The Bertz CT molecular complexity index is 431. The van der Waals surface area contributed by atoms with E-state index in [1.54, 1.807) is 24.5 Å². The number of rotatable bonds is 4. The Kier molecular flexibility index (Phi) is 4.10. The molecule has 2 heterocycles. The van der Waals surface area contributed by atoms with Gasteiger partial charge in [0.05, 0.1) is 5.92 Å². The van der Waals surface area contributed by atoms with Crippen LogP contribution in [-0.4, -0.2) is 33.5 Å². The van der Waals surface area contributed by atoms with Gasteiger partial charge in [0.25, 0.3) is 0 Å². The Balaban J connectivity index is 2.07. The minimum absolute atomic E-state index is 0.0250. The van der Waals surface area contributed by atoms with Crippen molar-refractivity contribution in [3.63, 3.8) is 0 Å². The molecule has 1 fully saturated rings. The first-order valence-electron chi connectivity index (χ1n) is 6.28. The standard InChI is InChI=1S/C14H18N2O2/c1-2-3-8-16-9-6-12(14(16)18)13(17)11-5-4-7-15-10-11/h3-5,7-8,10,12,14,18H,2,6,9H2,1H3/b8-3-. The highest BCUT2D eigenvalue weighted by Crippen LogP contribution is 2.26. The van der Waals surface area contributed by atoms with Crippen molar-refractivity contribution in [3.8, 4) is 0 Å². The zero-order valence-electron chi connectivity index (χ0n) is 10.5. The third kappa shape index (κ3) is 2.59. The van der Waals surface area contributed by atoms with E-state index in [1.807, 2.05) is 24.1 Å². The van der Waals surface area contributed by atoms with Gasteiger partial charge in [-0.3, -0.25) is 9.78 Å². The number of Topliss-reactive ketones (excluding diaryl/α,β-unsaturated/α-hetero) is 1. The fourth-order valence-corrected chi connectivity index (χ4v) is 2.19. The molecule has 18 heavy (non-hydrogen) atoms. The summed E-state index contributed by atoms with van der Waals surface area (Å²) in [7, 11) is 0. The van der Waals surface area contributed by atoms with E-state index >= 15 is 0 Å². The lowest BCUT2D eigenvalue weighted by Crippen LogP contribution is -2.32. The molecule has 4 nitrogen and oxygen atoms in total. The molecular weight excluding hydrogens is 228 g/mol. The quantitative estimate of drug-likeness (QED) is 0.823. The van der Waals surface area contributed by atoms with E-state index in [9.17, 15) is 9.90 Å². The number of aliphatic hydroxyl groups excluding tert-OH is 1. The number of aromatic nitrogens is 1. The molecule has 4 heteroatoms. The van der Waals surface area contributed by atoms with Crippen LogP contribution in [0.15, 0.2) is 36.8 Å². The second-order valence-corrected chi connectivity index (χ2v) is 4.45. The molecule has 96 valence electrons. The van der Waals surface area contributed by atoms with Crippen molar-refractivity contribution in [1.29, 1.82) is 0 Å². The largest absolute Gasteiger partial charge is 0.373 e. The molecule has 0 radical (unpaired) electrons. The van der Waals surface area contributed by atoms with E-state index in [4.69, 9.17) is 0 Å². The molecule has 0 bridgehead atoms. The number of hydrogen-bond donors (Lipinski definition) is 1. The number of carbonyl (C=O) groups excluding carboxylic acids is 1. The summed E-state index contributed by atoms with van der Waals surface area (Å²) in [5.41, 5.74) is 0.572. The third-order valence-electron chi connectivity index (χ3n) is 3.21. The van der Waals surface area contributed by atoms with E-state index in [0.29, 0.717) is 18.5 Å². The monoisotopic (exact) mass is 246 g/mol. The highest BCUT2D eigenvalue weighted by atomic mass is 16.3. The average molecular weight is 246 g/mol. The van der Waals surface area contributed by atoms with Gasteiger partial charge in [-0.25, -0.2) is 0 Å². The molecular formula is C14H18N2O2. The second kappa shape index (κ2) is 5.78. The van der Waals surface area contributed by atoms with Crippen molar-refractivity contribution >= 4 is 5.78 Å². The van der Waals surface area contributed by atoms with Gasteiger partial charge in [-0.2, -0.15) is 0 Å². The van der Waals surface area contributed by atoms with Crippen molar-refractivity contribution in [2.45, 2.75) is 26.0 Å². The van der Waals surface area contributed by atoms with Gasteiger partial charge >= 0.3 is 0 Å². The van der Waals surface area contributed by atoms with Crippen LogP contribution in [0.3, 0.4) is 0 Å². The Hall–Kier alpha value is -1.68. The van der Waals surface area contributed by atoms with Crippen molar-refractivity contribution < 1.29 is 9.90 Å². The molecule has 1 aliphatic rings. The summed E-state index contributed by atoms with van der Waals surface area (Å²) in [6, 6.07) is 3.48. The molecule has 1 N–H and O–H groups in total. The van der Waals surface area contributed by atoms with E-state index in [0.717, 1.165) is 6.42 Å². The lowest BCUT2D eigenvalue weighted by atomic mass is 9.97. The summed E-state index contributed by atoms with van der Waals surface area (Å²) in [4.78, 5) is 18.0. The number of ketones is 1. The molecule has 0 amide bonds. The molecule has 1 aliphatic heterocycles. The van der Waals surface area contributed by atoms with Crippen LogP contribution in [0, 0.1) is 5.92 Å². The second-order valence-electron chi connectivity index (χ2n) is 4.45. The van der Waals surface area contributed by atoms with Gasteiger partial charge in [0.2, 0.25) is 0 Å². The lowest BCUT2D eigenvalue weighted by molar-refractivity contribution is 0.0339. The smallest absolute Gasteiger partial charge is 0.172 e. The maximum Gasteiger partial charge on any atom is 0.172 e. The van der Waals surface area contributed by atoms with Gasteiger partial charge in [0, 0.05) is 24.5 Å². The molecule has 0 aromatic carbocycles. The van der Waals surface area contributed by atoms with Crippen molar-refractivity contribution in [2.24, 2.45) is 5.92 Å². The Labute approximate surface area is 107 Å². The van der Waals surface area contributed by atoms with Crippen LogP contribution in [0.1, 0.15) is 30.1 Å². The highest BCUT2D eigenvalue weighted by Gasteiger charge is 2.36. The van der Waals surface area contributed by atoms with E-state index < -0.39 is 6.23 Å². The average Bonchev–Trinajstić information content (AvgIpc) is 2.78. The SMILES string of the molecule is CC/C=C\N1CCC(C(=O)c2cccnc2)C1O. The summed E-state index contributed by atoms with van der Waals surface area (Å²) >= 11 is 0. The van der Waals surface area contributed by atoms with Crippen LogP contribution in [-0.2, 0) is 0 Å². The van der Waals surface area contributed by atoms with Gasteiger partial charge in [-0.1, -0.05) is 13.0 Å². The zero-order valence-corrected chi connectivity index (χ0v) is 10.5. The molecule has 2 atom stereocenters. The lowest BCUT2D eigenvalue weighted by Gasteiger charge is -2.20. The summed E-state index contributed by atoms with van der Waals surface area (Å²) < 4.78 is 0. The van der Waals surface area contributed by atoms with E-state index in [-0.39, 0.29) is 11.7 Å². The van der Waals surface area contributed by atoms with Crippen molar-refractivity contribution in [3.05, 3.63) is 42.4 Å². The van der Waals surface area contributed by atoms with Crippen LogP contribution in [0.4, 0.5) is 0 Å². The summed E-state index contributed by atoms with van der Waals surface area (Å²) in [6.07, 6.45) is 7.94. The number of carbonyl (C=O) groups is 1. The zero-order chi connectivity index (χ0) is 13.0. The molecule has 0 saturated carbocycles. The summed E-state index contributed by atoms with van der Waals surface area (Å²) in [5, 5.41) is 10.1. The van der Waals surface area contributed by atoms with Crippen LogP contribution >= 0.6 is 0 Å². The van der Waals surface area contributed by atoms with Gasteiger partial charge < -0.3 is 10.0 Å². The fourth-order valence-electron chi connectivity index (χ4n) is 2.19. The van der Waals surface area contributed by atoms with Gasteiger partial charge in [0.1, 0.15) is 6.23 Å². The van der Waals surface area contributed by atoms with Crippen LogP contribution in [0.25, 0.3) is 0 Å². The number of nitrogens with zero attached hydrogens (tertiary/aromatic N) is 2. The topological polar surface area (TPSA) is 53.4 Å². The molecule has 1 aromatic rings. The molecule has 0 aliphatic carbocycles. The highest BCUT2D eigenvalue weighted by molar-refractivity contribution is 5.98. The maximum absolute atomic E-state index is 12.2. The minimum Gasteiger partial charge on any atom is -0.373 e. The Morgan fingerprint density at radius 3 is 3.17 bits per heavy atom. The number of likely N-dealkylation sites (tertiary alicyclic amines) is 1. The van der Waals surface area contributed by atoms with Crippen LogP contribution in [0.2, 0.25) is 0 Å². The van der Waals surface area contributed by atoms with Gasteiger partial charge in [-0.15, -0.1) is 0 Å². The summed E-state index contributed by atoms with van der Waals surface area (Å²) in [6.45, 7) is 2.76. The Morgan fingerprint density at radius 2 is 2.50 bits per heavy atom. The molecule has 0 spiro atoms. The first kappa shape index (κ1) is 12.8. The summed E-state index contributed by atoms with van der Waals surface area (Å²) in [5.74, 6) is -0.376. The number of allylic oxidation sites excluding steroid dienone is 1. The normalized spacial score (nSPS) is 23.8. The molecule has 2 rings (SSSR count). The number of hydrogen-bond acceptors (Lipinski definition) is 4. The molecule has 1 saturated heterocycles.